The maximum absolute atomic E-state index is 13.1. The van der Waals surface area contributed by atoms with E-state index in [1.54, 1.807) is 0 Å². The minimum absolute atomic E-state index is 0.0513. The van der Waals surface area contributed by atoms with Gasteiger partial charge in [-0.2, -0.15) is 0 Å². The van der Waals surface area contributed by atoms with E-state index in [4.69, 9.17) is 4.42 Å². The Morgan fingerprint density at radius 1 is 1.20 bits per heavy atom. The molecule has 3 heterocycles. The zero-order chi connectivity index (χ0) is 16.8. The van der Waals surface area contributed by atoms with Gasteiger partial charge in [0.25, 0.3) is 5.91 Å². The Balaban J connectivity index is 1.49. The van der Waals surface area contributed by atoms with Gasteiger partial charge in [0.1, 0.15) is 11.2 Å². The van der Waals surface area contributed by atoms with E-state index >= 15 is 0 Å². The summed E-state index contributed by atoms with van der Waals surface area (Å²) in [6, 6.07) is 15.7. The van der Waals surface area contributed by atoms with Gasteiger partial charge in [-0.3, -0.25) is 4.79 Å². The van der Waals surface area contributed by atoms with Crippen molar-refractivity contribution in [3.8, 4) is 0 Å². The van der Waals surface area contributed by atoms with Crippen LogP contribution in [-0.2, 0) is 6.54 Å². The number of fused-ring (bicyclic) bond motifs is 2. The van der Waals surface area contributed by atoms with E-state index in [1.165, 1.54) is 0 Å². The molecule has 5 nitrogen and oxygen atoms in total. The molecule has 3 aromatic heterocycles. The number of amides is 1. The molecule has 0 N–H and O–H groups in total. The van der Waals surface area contributed by atoms with Crippen molar-refractivity contribution in [3.05, 3.63) is 72.4 Å². The molecule has 1 amide bonds. The fourth-order valence-electron chi connectivity index (χ4n) is 3.26. The lowest BCUT2D eigenvalue weighted by Crippen LogP contribution is -2.32. The third-order valence-electron chi connectivity index (χ3n) is 4.71. The number of nitrogens with zero attached hydrogens (tertiary/aromatic N) is 3. The number of furan rings is 1. The second-order valence-corrected chi connectivity index (χ2v) is 6.49. The van der Waals surface area contributed by atoms with Gasteiger partial charge >= 0.3 is 0 Å². The Morgan fingerprint density at radius 3 is 2.88 bits per heavy atom. The Kier molecular flexibility index (Phi) is 3.13. The summed E-state index contributed by atoms with van der Waals surface area (Å²) >= 11 is 0. The maximum atomic E-state index is 13.1. The molecule has 4 aromatic rings. The van der Waals surface area contributed by atoms with Crippen LogP contribution in [0.2, 0.25) is 0 Å². The number of pyridine rings is 1. The first-order valence-corrected chi connectivity index (χ1v) is 8.50. The minimum atomic E-state index is -0.0513. The number of hydrogen-bond acceptors (Lipinski definition) is 3. The van der Waals surface area contributed by atoms with Gasteiger partial charge in [-0.1, -0.05) is 24.3 Å². The molecule has 25 heavy (non-hydrogen) atoms. The van der Waals surface area contributed by atoms with Gasteiger partial charge in [-0.25, -0.2) is 4.98 Å². The van der Waals surface area contributed by atoms with Crippen LogP contribution in [0.4, 0.5) is 0 Å². The van der Waals surface area contributed by atoms with Gasteiger partial charge in [-0.05, 0) is 37.1 Å². The number of imidazole rings is 1. The third-order valence-corrected chi connectivity index (χ3v) is 4.71. The van der Waals surface area contributed by atoms with Crippen LogP contribution in [0.25, 0.3) is 16.6 Å². The smallest absolute Gasteiger partial charge is 0.290 e. The Hall–Kier alpha value is -3.08. The van der Waals surface area contributed by atoms with Crippen LogP contribution in [0.3, 0.4) is 0 Å². The highest BCUT2D eigenvalue weighted by Crippen LogP contribution is 2.31. The van der Waals surface area contributed by atoms with Crippen molar-refractivity contribution < 1.29 is 9.21 Å². The first kappa shape index (κ1) is 14.3. The molecule has 0 atom stereocenters. The average molecular weight is 331 g/mol. The van der Waals surface area contributed by atoms with Crippen LogP contribution in [0, 0.1) is 0 Å². The highest BCUT2D eigenvalue weighted by atomic mass is 16.3. The molecule has 0 spiro atoms. The van der Waals surface area contributed by atoms with Crippen LogP contribution in [0.1, 0.15) is 29.1 Å². The van der Waals surface area contributed by atoms with Gasteiger partial charge in [0.05, 0.1) is 18.4 Å². The molecular formula is C20H17N3O2. The first-order valence-electron chi connectivity index (χ1n) is 8.50. The second-order valence-electron chi connectivity index (χ2n) is 6.49. The molecule has 124 valence electrons. The van der Waals surface area contributed by atoms with E-state index in [-0.39, 0.29) is 11.9 Å². The molecule has 0 saturated heterocycles. The van der Waals surface area contributed by atoms with Crippen molar-refractivity contribution in [2.24, 2.45) is 0 Å². The van der Waals surface area contributed by atoms with E-state index in [2.05, 4.69) is 4.98 Å². The number of benzene rings is 1. The molecule has 0 aliphatic heterocycles. The highest BCUT2D eigenvalue weighted by Gasteiger charge is 2.35. The standard InChI is InChI=1S/C20H17N3O2/c24-20(18-11-14-5-1-2-6-17(14)25-18)23(15-8-9-15)13-16-12-21-19-7-3-4-10-22(16)19/h1-7,10-12,15H,8-9,13H2. The summed E-state index contributed by atoms with van der Waals surface area (Å²) in [6.45, 7) is 0.533. The number of rotatable bonds is 4. The molecule has 0 radical (unpaired) electrons. The third kappa shape index (κ3) is 2.48. The number of hydrogen-bond donors (Lipinski definition) is 0. The molecule has 1 aliphatic carbocycles. The molecular weight excluding hydrogens is 314 g/mol. The predicted octanol–water partition coefficient (Wildman–Crippen LogP) is 3.89. The predicted molar refractivity (Wildman–Crippen MR) is 94.3 cm³/mol. The van der Waals surface area contributed by atoms with E-state index in [0.717, 1.165) is 35.2 Å². The van der Waals surface area contributed by atoms with E-state index in [0.29, 0.717) is 12.3 Å². The molecule has 1 aliphatic rings. The van der Waals surface area contributed by atoms with Gasteiger partial charge in [0, 0.05) is 17.6 Å². The van der Waals surface area contributed by atoms with Gasteiger partial charge in [0.15, 0.2) is 5.76 Å². The van der Waals surface area contributed by atoms with Crippen LogP contribution in [0.15, 0.2) is 65.3 Å². The summed E-state index contributed by atoms with van der Waals surface area (Å²) < 4.78 is 7.81. The summed E-state index contributed by atoms with van der Waals surface area (Å²) in [5.74, 6) is 0.353. The van der Waals surface area contributed by atoms with Crippen LogP contribution in [0.5, 0.6) is 0 Å². The normalized spacial score (nSPS) is 14.2. The average Bonchev–Trinajstić information content (AvgIpc) is 3.26. The molecule has 0 unspecified atom stereocenters. The maximum Gasteiger partial charge on any atom is 0.290 e. The van der Waals surface area contributed by atoms with Crippen molar-refractivity contribution >= 4 is 22.5 Å². The number of carbonyl (C=O) groups is 1. The molecule has 1 aromatic carbocycles. The lowest BCUT2D eigenvalue weighted by molar-refractivity contribution is 0.0697. The Bertz CT molecular complexity index is 1040. The SMILES string of the molecule is O=C(c1cc2ccccc2o1)N(Cc1cnc2ccccn12)C1CC1. The van der Waals surface area contributed by atoms with Crippen molar-refractivity contribution in [1.29, 1.82) is 0 Å². The fourth-order valence-corrected chi connectivity index (χ4v) is 3.26. The molecule has 5 rings (SSSR count). The van der Waals surface area contributed by atoms with Gasteiger partial charge < -0.3 is 13.7 Å². The molecule has 0 bridgehead atoms. The van der Waals surface area contributed by atoms with Gasteiger partial charge in [0.2, 0.25) is 0 Å². The number of carbonyl (C=O) groups excluding carboxylic acids is 1. The summed E-state index contributed by atoms with van der Waals surface area (Å²) in [6.07, 6.45) is 5.91. The molecule has 5 heteroatoms. The highest BCUT2D eigenvalue weighted by molar-refractivity contribution is 5.96. The summed E-state index contributed by atoms with van der Waals surface area (Å²) in [5, 5.41) is 0.955. The largest absolute Gasteiger partial charge is 0.451 e. The first-order chi connectivity index (χ1) is 12.3. The lowest BCUT2D eigenvalue weighted by Gasteiger charge is -2.21. The van der Waals surface area contributed by atoms with E-state index in [9.17, 15) is 4.79 Å². The van der Waals surface area contributed by atoms with Crippen LogP contribution < -0.4 is 0 Å². The quantitative estimate of drug-likeness (QED) is 0.570. The minimum Gasteiger partial charge on any atom is -0.451 e. The topological polar surface area (TPSA) is 50.8 Å². The van der Waals surface area contributed by atoms with Crippen LogP contribution in [-0.4, -0.2) is 26.2 Å². The van der Waals surface area contributed by atoms with Gasteiger partial charge in [-0.15, -0.1) is 0 Å². The number of para-hydroxylation sites is 1. The summed E-state index contributed by atoms with van der Waals surface area (Å²) in [5.41, 5.74) is 2.65. The second kappa shape index (κ2) is 5.48. The zero-order valence-electron chi connectivity index (χ0n) is 13.6. The van der Waals surface area contributed by atoms with Crippen molar-refractivity contribution in [1.82, 2.24) is 14.3 Å². The zero-order valence-corrected chi connectivity index (χ0v) is 13.6. The van der Waals surface area contributed by atoms with Crippen LogP contribution >= 0.6 is 0 Å². The summed E-state index contributed by atoms with van der Waals surface area (Å²) in [7, 11) is 0. The Labute approximate surface area is 144 Å². The van der Waals surface area contributed by atoms with Crippen molar-refractivity contribution in [3.63, 3.8) is 0 Å². The summed E-state index contributed by atoms with van der Waals surface area (Å²) in [4.78, 5) is 19.4. The van der Waals surface area contributed by atoms with Crippen molar-refractivity contribution in [2.45, 2.75) is 25.4 Å². The lowest BCUT2D eigenvalue weighted by atomic mass is 10.2. The van der Waals surface area contributed by atoms with E-state index < -0.39 is 0 Å². The molecule has 1 fully saturated rings. The van der Waals surface area contributed by atoms with Crippen molar-refractivity contribution in [2.75, 3.05) is 0 Å². The fraction of sp³-hybridized carbons (Fsp3) is 0.200. The monoisotopic (exact) mass is 331 g/mol. The number of aromatic nitrogens is 2. The van der Waals surface area contributed by atoms with E-state index in [1.807, 2.05) is 70.2 Å². The Morgan fingerprint density at radius 2 is 2.04 bits per heavy atom. The molecule has 1 saturated carbocycles.